The molecule has 0 N–H and O–H groups in total. The van der Waals surface area contributed by atoms with Gasteiger partial charge < -0.3 is 0 Å². The van der Waals surface area contributed by atoms with Gasteiger partial charge in [-0.15, -0.1) is 0 Å². The molecule has 0 spiro atoms. The fraction of sp³-hybridized carbons (Fsp3) is 0. The number of rotatable bonds is 4. The van der Waals surface area contributed by atoms with E-state index in [1.165, 1.54) is 43.0 Å². The summed E-state index contributed by atoms with van der Waals surface area (Å²) in [6, 6.07) is 58.0. The SMILES string of the molecule is c1ccc([Si]2(c3ccccc3)c3ccccc3-c3cc(-c4ccc(-c5cnc6c(ccc7cccnc76)c5)cc4)ccc32)cc1. The van der Waals surface area contributed by atoms with Crippen molar-refractivity contribution in [1.29, 1.82) is 0 Å². The van der Waals surface area contributed by atoms with Gasteiger partial charge in [-0.3, -0.25) is 9.97 Å². The number of aromatic nitrogens is 2. The van der Waals surface area contributed by atoms with E-state index in [0.29, 0.717) is 0 Å². The van der Waals surface area contributed by atoms with Gasteiger partial charge in [0, 0.05) is 28.7 Å². The molecular weight excluding hydrogens is 561 g/mol. The van der Waals surface area contributed by atoms with Gasteiger partial charge in [0.1, 0.15) is 0 Å². The number of hydrogen-bond donors (Lipinski definition) is 0. The van der Waals surface area contributed by atoms with Gasteiger partial charge in [0.2, 0.25) is 0 Å². The lowest BCUT2D eigenvalue weighted by Gasteiger charge is -2.31. The first kappa shape index (κ1) is 25.8. The van der Waals surface area contributed by atoms with Gasteiger partial charge in [0.25, 0.3) is 0 Å². The lowest BCUT2D eigenvalue weighted by molar-refractivity contribution is 1.37. The van der Waals surface area contributed by atoms with Gasteiger partial charge in [-0.1, -0.05) is 140 Å². The van der Waals surface area contributed by atoms with E-state index in [1.807, 2.05) is 18.5 Å². The monoisotopic (exact) mass is 588 g/mol. The first-order valence-corrected chi connectivity index (χ1v) is 17.4. The molecule has 210 valence electrons. The van der Waals surface area contributed by atoms with Gasteiger partial charge >= 0.3 is 0 Å². The zero-order valence-corrected chi connectivity index (χ0v) is 25.6. The van der Waals surface area contributed by atoms with Crippen molar-refractivity contribution in [2.45, 2.75) is 0 Å². The zero-order valence-electron chi connectivity index (χ0n) is 24.6. The summed E-state index contributed by atoms with van der Waals surface area (Å²) in [5, 5.41) is 7.99. The fourth-order valence-corrected chi connectivity index (χ4v) is 12.5. The van der Waals surface area contributed by atoms with Crippen LogP contribution in [0.3, 0.4) is 0 Å². The molecule has 0 saturated carbocycles. The molecule has 0 aliphatic carbocycles. The van der Waals surface area contributed by atoms with E-state index >= 15 is 0 Å². The van der Waals surface area contributed by atoms with Crippen molar-refractivity contribution in [1.82, 2.24) is 9.97 Å². The Morgan fingerprint density at radius 2 is 0.978 bits per heavy atom. The Labute approximate surface area is 263 Å². The molecule has 2 aromatic heterocycles. The minimum absolute atomic E-state index is 0.942. The van der Waals surface area contributed by atoms with E-state index in [4.69, 9.17) is 4.98 Å². The van der Waals surface area contributed by atoms with Crippen LogP contribution in [0.1, 0.15) is 0 Å². The Morgan fingerprint density at radius 3 is 1.73 bits per heavy atom. The van der Waals surface area contributed by atoms with Crippen molar-refractivity contribution in [2.24, 2.45) is 0 Å². The maximum atomic E-state index is 4.83. The lowest BCUT2D eigenvalue weighted by Crippen LogP contribution is -2.72. The molecule has 0 radical (unpaired) electrons. The quantitative estimate of drug-likeness (QED) is 0.157. The standard InChI is InChI=1S/C42H28N2Si/c1-3-11-35(12-4-1)45(36-13-5-2-6-14-36)39-16-8-7-15-37(39)38-27-32(23-24-40(38)45)29-17-19-30(20-18-29)34-26-33-22-21-31-10-9-25-43-41(31)42(33)44-28-34/h1-28H. The third-order valence-corrected chi connectivity index (χ3v) is 14.3. The summed E-state index contributed by atoms with van der Waals surface area (Å²) in [7, 11) is -2.45. The second kappa shape index (κ2) is 10.2. The molecular formula is C42H28N2Si. The van der Waals surface area contributed by atoms with Crippen LogP contribution < -0.4 is 20.7 Å². The summed E-state index contributed by atoms with van der Waals surface area (Å²) in [5.41, 5.74) is 9.30. The highest BCUT2D eigenvalue weighted by Crippen LogP contribution is 2.33. The first-order valence-electron chi connectivity index (χ1n) is 15.4. The lowest BCUT2D eigenvalue weighted by atomic mass is 9.97. The predicted octanol–water partition coefficient (Wildman–Crippen LogP) is 7.47. The van der Waals surface area contributed by atoms with Crippen molar-refractivity contribution in [2.75, 3.05) is 0 Å². The van der Waals surface area contributed by atoms with Crippen LogP contribution in [0.25, 0.3) is 55.2 Å². The van der Waals surface area contributed by atoms with Crippen LogP contribution in [0.2, 0.25) is 0 Å². The van der Waals surface area contributed by atoms with Crippen LogP contribution in [-0.4, -0.2) is 18.0 Å². The normalized spacial score (nSPS) is 13.1. The van der Waals surface area contributed by atoms with Crippen molar-refractivity contribution < 1.29 is 0 Å². The number of benzene rings is 6. The van der Waals surface area contributed by atoms with Crippen LogP contribution in [0, 0.1) is 0 Å². The summed E-state index contributed by atoms with van der Waals surface area (Å²) in [5.74, 6) is 0. The molecule has 1 aliphatic heterocycles. The van der Waals surface area contributed by atoms with E-state index in [2.05, 4.69) is 157 Å². The van der Waals surface area contributed by atoms with Crippen LogP contribution in [-0.2, 0) is 0 Å². The Morgan fingerprint density at radius 1 is 0.378 bits per heavy atom. The summed E-state index contributed by atoms with van der Waals surface area (Å²) < 4.78 is 0. The largest absolute Gasteiger partial charge is 0.254 e. The topological polar surface area (TPSA) is 25.8 Å². The molecule has 1 aliphatic rings. The number of fused-ring (bicyclic) bond motifs is 6. The summed E-state index contributed by atoms with van der Waals surface area (Å²) in [4.78, 5) is 9.41. The molecule has 0 atom stereocenters. The summed E-state index contributed by atoms with van der Waals surface area (Å²) in [6.45, 7) is 0. The second-order valence-electron chi connectivity index (χ2n) is 11.8. The molecule has 8 aromatic rings. The highest BCUT2D eigenvalue weighted by molar-refractivity contribution is 7.22. The zero-order chi connectivity index (χ0) is 29.8. The van der Waals surface area contributed by atoms with E-state index in [9.17, 15) is 0 Å². The summed E-state index contributed by atoms with van der Waals surface area (Å²) in [6.07, 6.45) is 3.80. The average Bonchev–Trinajstić information content (AvgIpc) is 3.42. The van der Waals surface area contributed by atoms with E-state index in [0.717, 1.165) is 32.9 Å². The van der Waals surface area contributed by atoms with E-state index in [-0.39, 0.29) is 0 Å². The molecule has 3 heteroatoms. The third kappa shape index (κ3) is 3.95. The number of pyridine rings is 2. The average molecular weight is 589 g/mol. The van der Waals surface area contributed by atoms with E-state index < -0.39 is 8.07 Å². The molecule has 0 amide bonds. The van der Waals surface area contributed by atoms with Gasteiger partial charge in [-0.05, 0) is 66.8 Å². The maximum absolute atomic E-state index is 4.83. The van der Waals surface area contributed by atoms with Crippen LogP contribution >= 0.6 is 0 Å². The molecule has 0 saturated heterocycles. The third-order valence-electron chi connectivity index (χ3n) is 9.43. The smallest absolute Gasteiger partial charge is 0.180 e. The Hall–Kier alpha value is -5.64. The van der Waals surface area contributed by atoms with Crippen LogP contribution in [0.5, 0.6) is 0 Å². The number of hydrogen-bond acceptors (Lipinski definition) is 2. The summed E-state index contributed by atoms with van der Waals surface area (Å²) >= 11 is 0. The van der Waals surface area contributed by atoms with Gasteiger partial charge in [-0.25, -0.2) is 0 Å². The highest BCUT2D eigenvalue weighted by atomic mass is 28.3. The highest BCUT2D eigenvalue weighted by Gasteiger charge is 2.48. The van der Waals surface area contributed by atoms with Crippen molar-refractivity contribution in [3.8, 4) is 33.4 Å². The van der Waals surface area contributed by atoms with Crippen molar-refractivity contribution in [3.63, 3.8) is 0 Å². The molecule has 45 heavy (non-hydrogen) atoms. The Balaban J connectivity index is 1.14. The van der Waals surface area contributed by atoms with Gasteiger partial charge in [0.15, 0.2) is 8.07 Å². The molecule has 6 aromatic carbocycles. The Kier molecular flexibility index (Phi) is 5.87. The molecule has 0 fully saturated rings. The maximum Gasteiger partial charge on any atom is 0.180 e. The minimum atomic E-state index is -2.45. The van der Waals surface area contributed by atoms with Crippen molar-refractivity contribution in [3.05, 3.63) is 170 Å². The Bertz CT molecular complexity index is 2330. The number of nitrogens with zero attached hydrogens (tertiary/aromatic N) is 2. The van der Waals surface area contributed by atoms with Gasteiger partial charge in [-0.2, -0.15) is 0 Å². The van der Waals surface area contributed by atoms with Crippen LogP contribution in [0.4, 0.5) is 0 Å². The molecule has 0 bridgehead atoms. The van der Waals surface area contributed by atoms with Crippen molar-refractivity contribution >= 4 is 50.6 Å². The minimum Gasteiger partial charge on any atom is -0.254 e. The molecule has 3 heterocycles. The molecule has 2 nitrogen and oxygen atoms in total. The van der Waals surface area contributed by atoms with Crippen LogP contribution in [0.15, 0.2) is 170 Å². The predicted molar refractivity (Wildman–Crippen MR) is 191 cm³/mol. The van der Waals surface area contributed by atoms with Gasteiger partial charge in [0.05, 0.1) is 11.0 Å². The van der Waals surface area contributed by atoms with E-state index in [1.54, 1.807) is 0 Å². The second-order valence-corrected chi connectivity index (χ2v) is 15.5. The fourth-order valence-electron chi connectivity index (χ4n) is 7.38. The first-order chi connectivity index (χ1) is 22.3. The molecule has 0 unspecified atom stereocenters. The molecule has 9 rings (SSSR count).